The minimum atomic E-state index is -0.673. The van der Waals surface area contributed by atoms with Gasteiger partial charge in [0.1, 0.15) is 0 Å². The van der Waals surface area contributed by atoms with E-state index in [1.807, 2.05) is 0 Å². The van der Waals surface area contributed by atoms with Crippen LogP contribution in [0, 0.1) is 0 Å². The van der Waals surface area contributed by atoms with Crippen molar-refractivity contribution in [2.45, 2.75) is 41.9 Å². The van der Waals surface area contributed by atoms with Crippen molar-refractivity contribution in [3.05, 3.63) is 377 Å². The first-order valence-corrected chi connectivity index (χ1v) is 31.7. The van der Waals surface area contributed by atoms with Gasteiger partial charge in [0.15, 0.2) is 0 Å². The van der Waals surface area contributed by atoms with Crippen molar-refractivity contribution < 1.29 is 0 Å². The number of anilines is 5. The zero-order chi connectivity index (χ0) is 58.7. The maximum Gasteiger partial charge on any atom is 0.0742 e. The predicted octanol–water partition coefficient (Wildman–Crippen LogP) is 22.4. The second-order valence-electron chi connectivity index (χ2n) is 24.9. The first-order chi connectivity index (χ1) is 44.2. The molecule has 0 bridgehead atoms. The van der Waals surface area contributed by atoms with Crippen LogP contribution >= 0.6 is 0 Å². The summed E-state index contributed by atoms with van der Waals surface area (Å²) in [6.07, 6.45) is 4.70. The standard InChI is InChI=1S/C87H62N2/c1-6-29-58(30-7-1)86(59-31-8-2-9-32-59)75-49-18-20-53-79(75)88-83-69(45-27-51-77(83)86)63-40-24-42-66-72(63)57-73-64(41-25-43-67(73)81(66)71-47-26-44-68-65-39-16-17-48-74(65)85(82(68)71)55-22-23-56-85)70-46-28-52-78-84(70)89(62-37-14-5-15-38-62)80-54-21-19-50-76(80)87(78,60-33-10-3-11-34-60)61-35-12-4-13-36-61/h1-21,24-54,57,88H,22-23,55-56H2. The molecule has 0 saturated heterocycles. The molecule has 420 valence electrons. The molecule has 0 unspecified atom stereocenters. The van der Waals surface area contributed by atoms with Gasteiger partial charge in [0.2, 0.25) is 0 Å². The quantitative estimate of drug-likeness (QED) is 0.153. The zero-order valence-corrected chi connectivity index (χ0v) is 49.4. The van der Waals surface area contributed by atoms with Crippen LogP contribution in [0.4, 0.5) is 28.4 Å². The van der Waals surface area contributed by atoms with Crippen LogP contribution in [-0.2, 0) is 16.2 Å². The average Bonchev–Trinajstić information content (AvgIpc) is 1.27. The number of hydrogen-bond donors (Lipinski definition) is 1. The molecular formula is C87H62N2. The maximum atomic E-state index is 4.16. The molecule has 18 rings (SSSR count). The maximum absolute atomic E-state index is 4.16. The second-order valence-corrected chi connectivity index (χ2v) is 24.9. The lowest BCUT2D eigenvalue weighted by Crippen LogP contribution is -2.38. The Hall–Kier alpha value is -10.8. The molecule has 14 aromatic rings. The van der Waals surface area contributed by atoms with Crippen molar-refractivity contribution in [3.63, 3.8) is 0 Å². The van der Waals surface area contributed by atoms with Gasteiger partial charge in [-0.1, -0.05) is 304 Å². The molecule has 0 atom stereocenters. The fourth-order valence-electron chi connectivity index (χ4n) is 17.3. The van der Waals surface area contributed by atoms with Gasteiger partial charge in [0.05, 0.1) is 27.9 Å². The van der Waals surface area contributed by atoms with E-state index >= 15 is 0 Å². The van der Waals surface area contributed by atoms with Gasteiger partial charge in [-0.05, 0) is 154 Å². The molecule has 0 radical (unpaired) electrons. The van der Waals surface area contributed by atoms with Gasteiger partial charge in [0, 0.05) is 27.9 Å². The summed E-state index contributed by atoms with van der Waals surface area (Å²) in [6.45, 7) is 0. The van der Waals surface area contributed by atoms with Crippen LogP contribution in [-0.4, -0.2) is 0 Å². The Morgan fingerprint density at radius 2 is 0.719 bits per heavy atom. The number of nitrogens with zero attached hydrogens (tertiary/aromatic N) is 1. The van der Waals surface area contributed by atoms with Crippen molar-refractivity contribution in [1.82, 2.24) is 0 Å². The lowest BCUT2D eigenvalue weighted by atomic mass is 9.62. The minimum Gasteiger partial charge on any atom is -0.354 e. The highest BCUT2D eigenvalue weighted by Crippen LogP contribution is 2.64. The van der Waals surface area contributed by atoms with Crippen LogP contribution < -0.4 is 10.2 Å². The van der Waals surface area contributed by atoms with E-state index in [-0.39, 0.29) is 5.41 Å². The average molecular weight is 1140 g/mol. The van der Waals surface area contributed by atoms with Crippen LogP contribution in [0.1, 0.15) is 81.3 Å². The molecule has 1 saturated carbocycles. The van der Waals surface area contributed by atoms with E-state index in [0.29, 0.717) is 0 Å². The van der Waals surface area contributed by atoms with E-state index in [0.717, 1.165) is 35.6 Å². The number of nitrogens with one attached hydrogen (secondary N) is 1. The topological polar surface area (TPSA) is 15.3 Å². The van der Waals surface area contributed by atoms with Gasteiger partial charge in [0.25, 0.3) is 0 Å². The van der Waals surface area contributed by atoms with Crippen molar-refractivity contribution in [1.29, 1.82) is 0 Å². The molecule has 2 nitrogen and oxygen atoms in total. The molecule has 1 spiro atoms. The highest BCUT2D eigenvalue weighted by Gasteiger charge is 2.50. The molecule has 2 aliphatic heterocycles. The van der Waals surface area contributed by atoms with Crippen LogP contribution in [0.25, 0.3) is 66.1 Å². The second kappa shape index (κ2) is 20.1. The molecule has 2 heterocycles. The number of benzene rings is 14. The lowest BCUT2D eigenvalue weighted by Gasteiger charge is -2.47. The molecule has 1 N–H and O–H groups in total. The van der Waals surface area contributed by atoms with Crippen LogP contribution in [0.15, 0.2) is 322 Å². The number of rotatable bonds is 8. The van der Waals surface area contributed by atoms with Gasteiger partial charge >= 0.3 is 0 Å². The lowest BCUT2D eigenvalue weighted by molar-refractivity contribution is 0.551. The fraction of sp³-hybridized carbons (Fsp3) is 0.0805. The third kappa shape index (κ3) is 7.26. The van der Waals surface area contributed by atoms with E-state index in [4.69, 9.17) is 0 Å². The molecule has 4 aliphatic rings. The molecule has 2 heteroatoms. The Morgan fingerprint density at radius 1 is 0.292 bits per heavy atom. The summed E-state index contributed by atoms with van der Waals surface area (Å²) in [6, 6.07) is 122. The largest absolute Gasteiger partial charge is 0.354 e. The van der Waals surface area contributed by atoms with Crippen LogP contribution in [0.5, 0.6) is 0 Å². The van der Waals surface area contributed by atoms with Gasteiger partial charge in [-0.2, -0.15) is 0 Å². The van der Waals surface area contributed by atoms with Crippen molar-refractivity contribution in [3.8, 4) is 44.5 Å². The Bertz CT molecular complexity index is 5020. The fourth-order valence-corrected chi connectivity index (χ4v) is 17.3. The van der Waals surface area contributed by atoms with E-state index in [1.165, 1.54) is 140 Å². The summed E-state index contributed by atoms with van der Waals surface area (Å²) >= 11 is 0. The normalized spacial score (nSPS) is 15.1. The van der Waals surface area contributed by atoms with Gasteiger partial charge < -0.3 is 10.2 Å². The van der Waals surface area contributed by atoms with Gasteiger partial charge in [-0.15, -0.1) is 0 Å². The SMILES string of the molecule is c1ccc(N2c3ccccc3C(c3ccccc3)(c3ccccc3)c3cccc(-c4cccc5c(-c6cccc7c6C6(CCCC6)c6ccccc6-7)c6cccc(-c7cccc8c7Nc7ccccc7C8(c7ccccc7)c7ccccc7)c6cc45)c32)cc1. The third-order valence-corrected chi connectivity index (χ3v) is 20.7. The first kappa shape index (κ1) is 51.4. The Kier molecular flexibility index (Phi) is 11.6. The van der Waals surface area contributed by atoms with E-state index in [2.05, 4.69) is 332 Å². The molecule has 0 aromatic heterocycles. The Balaban J connectivity index is 0.977. The Morgan fingerprint density at radius 3 is 1.35 bits per heavy atom. The Labute approximate surface area is 520 Å². The molecule has 0 amide bonds. The zero-order valence-electron chi connectivity index (χ0n) is 49.4. The van der Waals surface area contributed by atoms with E-state index in [1.54, 1.807) is 0 Å². The molecule has 14 aromatic carbocycles. The smallest absolute Gasteiger partial charge is 0.0742 e. The van der Waals surface area contributed by atoms with Gasteiger partial charge in [-0.25, -0.2) is 0 Å². The predicted molar refractivity (Wildman–Crippen MR) is 371 cm³/mol. The minimum absolute atomic E-state index is 0.0828. The number of hydrogen-bond acceptors (Lipinski definition) is 2. The molecule has 89 heavy (non-hydrogen) atoms. The summed E-state index contributed by atoms with van der Waals surface area (Å²) in [7, 11) is 0. The number of para-hydroxylation sites is 5. The van der Waals surface area contributed by atoms with E-state index in [9.17, 15) is 0 Å². The summed E-state index contributed by atoms with van der Waals surface area (Å²) in [5.74, 6) is 0. The first-order valence-electron chi connectivity index (χ1n) is 31.7. The highest BCUT2D eigenvalue weighted by molar-refractivity contribution is 6.21. The highest BCUT2D eigenvalue weighted by atomic mass is 15.2. The van der Waals surface area contributed by atoms with E-state index < -0.39 is 10.8 Å². The third-order valence-electron chi connectivity index (χ3n) is 20.7. The van der Waals surface area contributed by atoms with Crippen LogP contribution in [0.3, 0.4) is 0 Å². The molecule has 2 aliphatic carbocycles. The van der Waals surface area contributed by atoms with Crippen molar-refractivity contribution in [2.24, 2.45) is 0 Å². The molecule has 1 fully saturated rings. The van der Waals surface area contributed by atoms with Crippen LogP contribution in [0.2, 0.25) is 0 Å². The van der Waals surface area contributed by atoms with Crippen molar-refractivity contribution >= 4 is 50.0 Å². The van der Waals surface area contributed by atoms with Crippen molar-refractivity contribution in [2.75, 3.05) is 10.2 Å². The van der Waals surface area contributed by atoms with Gasteiger partial charge in [-0.3, -0.25) is 0 Å². The summed E-state index contributed by atoms with van der Waals surface area (Å²) in [5.41, 5.74) is 27.3. The summed E-state index contributed by atoms with van der Waals surface area (Å²) in [4.78, 5) is 2.56. The molecular weight excluding hydrogens is 1070 g/mol. The summed E-state index contributed by atoms with van der Waals surface area (Å²) < 4.78 is 0. The monoisotopic (exact) mass is 1130 g/mol. The number of fused-ring (bicyclic) bond motifs is 11. The summed E-state index contributed by atoms with van der Waals surface area (Å²) in [5, 5.41) is 9.08.